The molecule has 110 valence electrons. The van der Waals surface area contributed by atoms with Gasteiger partial charge >= 0.3 is 0 Å². The van der Waals surface area contributed by atoms with Crippen LogP contribution in [-0.4, -0.2) is 17.5 Å². The molecule has 0 spiro atoms. The van der Waals surface area contributed by atoms with Gasteiger partial charge in [0.05, 0.1) is 0 Å². The van der Waals surface area contributed by atoms with E-state index in [1.807, 2.05) is 0 Å². The lowest BCUT2D eigenvalue weighted by molar-refractivity contribution is -0.114. The molecule has 22 heavy (non-hydrogen) atoms. The highest BCUT2D eigenvalue weighted by Crippen LogP contribution is 2.37. The van der Waals surface area contributed by atoms with Crippen LogP contribution >= 0.6 is 15.9 Å². The van der Waals surface area contributed by atoms with E-state index in [9.17, 15) is 14.4 Å². The first-order chi connectivity index (χ1) is 10.4. The number of fused-ring (bicyclic) bond motifs is 2. The Morgan fingerprint density at radius 1 is 1.05 bits per heavy atom. The SMILES string of the molecule is CC(=O)Nc1cc(Br)c2c(c1C)C(=O)c1ccccc1C2=O. The van der Waals surface area contributed by atoms with E-state index in [0.717, 1.165) is 0 Å². The molecule has 0 fully saturated rings. The molecule has 1 N–H and O–H groups in total. The summed E-state index contributed by atoms with van der Waals surface area (Å²) in [6, 6.07) is 8.44. The highest BCUT2D eigenvalue weighted by molar-refractivity contribution is 9.10. The number of benzene rings is 2. The van der Waals surface area contributed by atoms with E-state index in [4.69, 9.17) is 0 Å². The Morgan fingerprint density at radius 3 is 2.14 bits per heavy atom. The van der Waals surface area contributed by atoms with Crippen molar-refractivity contribution in [1.29, 1.82) is 0 Å². The number of carbonyl (C=O) groups is 3. The van der Waals surface area contributed by atoms with E-state index >= 15 is 0 Å². The van der Waals surface area contributed by atoms with Gasteiger partial charge in [-0.3, -0.25) is 14.4 Å². The third-order valence-corrected chi connectivity index (χ3v) is 4.35. The van der Waals surface area contributed by atoms with Gasteiger partial charge in [-0.05, 0) is 34.5 Å². The molecule has 2 aromatic rings. The van der Waals surface area contributed by atoms with Crippen molar-refractivity contribution in [2.24, 2.45) is 0 Å². The average molecular weight is 358 g/mol. The van der Waals surface area contributed by atoms with Crippen molar-refractivity contribution >= 4 is 39.1 Å². The lowest BCUT2D eigenvalue weighted by atomic mass is 9.81. The first-order valence-electron chi connectivity index (χ1n) is 6.71. The summed E-state index contributed by atoms with van der Waals surface area (Å²) < 4.78 is 0.504. The summed E-state index contributed by atoms with van der Waals surface area (Å²) in [6.45, 7) is 3.13. The van der Waals surface area contributed by atoms with E-state index < -0.39 is 0 Å². The second-order valence-electron chi connectivity index (χ2n) is 5.17. The fourth-order valence-corrected chi connectivity index (χ4v) is 3.33. The summed E-state index contributed by atoms with van der Waals surface area (Å²) in [5.41, 5.74) is 2.64. The van der Waals surface area contributed by atoms with Crippen LogP contribution in [0.2, 0.25) is 0 Å². The monoisotopic (exact) mass is 357 g/mol. The normalized spacial score (nSPS) is 12.7. The van der Waals surface area contributed by atoms with Gasteiger partial charge in [-0.15, -0.1) is 0 Å². The molecule has 0 unspecified atom stereocenters. The largest absolute Gasteiger partial charge is 0.326 e. The lowest BCUT2D eigenvalue weighted by Gasteiger charge is -2.22. The Bertz CT molecular complexity index is 855. The fourth-order valence-electron chi connectivity index (χ4n) is 2.72. The maximum Gasteiger partial charge on any atom is 0.221 e. The number of hydrogen-bond donors (Lipinski definition) is 1. The first-order valence-corrected chi connectivity index (χ1v) is 7.50. The van der Waals surface area contributed by atoms with Crippen molar-refractivity contribution in [3.8, 4) is 0 Å². The minimum Gasteiger partial charge on any atom is -0.326 e. The standard InChI is InChI=1S/C17H12BrNO3/c1-8-13(19-9(2)20)7-12(18)15-14(8)16(21)10-5-3-4-6-11(10)17(15)22/h3-7H,1-2H3,(H,19,20). The van der Waals surface area contributed by atoms with E-state index in [2.05, 4.69) is 21.2 Å². The number of anilines is 1. The molecule has 0 aliphatic heterocycles. The highest BCUT2D eigenvalue weighted by Gasteiger charge is 2.33. The Morgan fingerprint density at radius 2 is 1.59 bits per heavy atom. The van der Waals surface area contributed by atoms with Crippen molar-refractivity contribution in [3.05, 3.63) is 62.6 Å². The number of ketones is 2. The van der Waals surface area contributed by atoms with Crippen LogP contribution in [0.15, 0.2) is 34.8 Å². The molecule has 1 aliphatic carbocycles. The number of halogens is 1. The first kappa shape index (κ1) is 14.7. The highest BCUT2D eigenvalue weighted by atomic mass is 79.9. The van der Waals surface area contributed by atoms with Crippen molar-refractivity contribution in [3.63, 3.8) is 0 Å². The average Bonchev–Trinajstić information content (AvgIpc) is 2.47. The molecular weight excluding hydrogens is 346 g/mol. The summed E-state index contributed by atoms with van der Waals surface area (Å²) >= 11 is 3.35. The van der Waals surface area contributed by atoms with Gasteiger partial charge in [0.15, 0.2) is 11.6 Å². The molecule has 0 bridgehead atoms. The molecule has 0 aromatic heterocycles. The third-order valence-electron chi connectivity index (χ3n) is 3.72. The third kappa shape index (κ3) is 2.09. The second kappa shape index (κ2) is 5.18. The smallest absolute Gasteiger partial charge is 0.221 e. The zero-order chi connectivity index (χ0) is 16.0. The maximum absolute atomic E-state index is 12.8. The number of rotatable bonds is 1. The van der Waals surface area contributed by atoms with E-state index in [0.29, 0.717) is 38.0 Å². The molecule has 0 saturated heterocycles. The number of amides is 1. The lowest BCUT2D eigenvalue weighted by Crippen LogP contribution is -2.23. The topological polar surface area (TPSA) is 63.2 Å². The molecule has 5 heteroatoms. The molecule has 2 aromatic carbocycles. The van der Waals surface area contributed by atoms with Crippen molar-refractivity contribution in [1.82, 2.24) is 0 Å². The Hall–Kier alpha value is -2.27. The van der Waals surface area contributed by atoms with E-state index in [1.165, 1.54) is 6.92 Å². The van der Waals surface area contributed by atoms with Crippen LogP contribution in [0.25, 0.3) is 0 Å². The minimum atomic E-state index is -0.232. The zero-order valence-corrected chi connectivity index (χ0v) is 13.6. The fraction of sp³-hybridized carbons (Fsp3) is 0.118. The summed E-state index contributed by atoms with van der Waals surface area (Å²) in [5.74, 6) is -0.616. The summed E-state index contributed by atoms with van der Waals surface area (Å²) in [5, 5.41) is 2.69. The van der Waals surface area contributed by atoms with Crippen LogP contribution in [0, 0.1) is 6.92 Å². The molecular formula is C17H12BrNO3. The van der Waals surface area contributed by atoms with Gasteiger partial charge in [0.25, 0.3) is 0 Å². The number of nitrogens with one attached hydrogen (secondary N) is 1. The van der Waals surface area contributed by atoms with Crippen LogP contribution in [0.1, 0.15) is 44.3 Å². The molecule has 3 rings (SSSR count). The van der Waals surface area contributed by atoms with E-state index in [1.54, 1.807) is 37.3 Å². The Labute approximate surface area is 135 Å². The van der Waals surface area contributed by atoms with Gasteiger partial charge in [0.1, 0.15) is 0 Å². The molecule has 1 amide bonds. The molecule has 0 heterocycles. The summed E-state index contributed by atoms with van der Waals surface area (Å²) in [4.78, 5) is 36.8. The molecule has 1 aliphatic rings. The van der Waals surface area contributed by atoms with Gasteiger partial charge in [0, 0.05) is 39.3 Å². The van der Waals surface area contributed by atoms with Crippen LogP contribution in [-0.2, 0) is 4.79 Å². The van der Waals surface area contributed by atoms with Gasteiger partial charge in [-0.2, -0.15) is 0 Å². The predicted molar refractivity (Wildman–Crippen MR) is 86.5 cm³/mol. The van der Waals surface area contributed by atoms with Crippen molar-refractivity contribution in [2.45, 2.75) is 13.8 Å². The second-order valence-corrected chi connectivity index (χ2v) is 6.02. The predicted octanol–water partition coefficient (Wildman–Crippen LogP) is 3.49. The van der Waals surface area contributed by atoms with Crippen molar-refractivity contribution < 1.29 is 14.4 Å². The Balaban J connectivity index is 2.31. The van der Waals surface area contributed by atoms with Crippen molar-refractivity contribution in [2.75, 3.05) is 5.32 Å². The van der Waals surface area contributed by atoms with Gasteiger partial charge in [-0.1, -0.05) is 24.3 Å². The summed E-state index contributed by atoms with van der Waals surface area (Å²) in [6.07, 6.45) is 0. The molecule has 4 nitrogen and oxygen atoms in total. The van der Waals surface area contributed by atoms with Gasteiger partial charge in [0.2, 0.25) is 5.91 Å². The quantitative estimate of drug-likeness (QED) is 0.724. The van der Waals surface area contributed by atoms with Crippen LogP contribution in [0.5, 0.6) is 0 Å². The van der Waals surface area contributed by atoms with Gasteiger partial charge in [-0.25, -0.2) is 0 Å². The summed E-state index contributed by atoms with van der Waals surface area (Å²) in [7, 11) is 0. The van der Waals surface area contributed by atoms with Crippen LogP contribution < -0.4 is 5.32 Å². The number of hydrogen-bond acceptors (Lipinski definition) is 3. The van der Waals surface area contributed by atoms with Crippen LogP contribution in [0.4, 0.5) is 5.69 Å². The van der Waals surface area contributed by atoms with Crippen LogP contribution in [0.3, 0.4) is 0 Å². The molecule has 0 atom stereocenters. The number of carbonyl (C=O) groups excluding carboxylic acids is 3. The minimum absolute atomic E-state index is 0.186. The van der Waals surface area contributed by atoms with E-state index in [-0.39, 0.29) is 17.5 Å². The molecule has 0 saturated carbocycles. The van der Waals surface area contributed by atoms with Gasteiger partial charge < -0.3 is 5.32 Å². The molecule has 0 radical (unpaired) electrons. The maximum atomic E-state index is 12.8. The zero-order valence-electron chi connectivity index (χ0n) is 12.0. The Kier molecular flexibility index (Phi) is 3.45.